The van der Waals surface area contributed by atoms with Gasteiger partial charge in [-0.15, -0.1) is 0 Å². The lowest BCUT2D eigenvalue weighted by Gasteiger charge is -2.19. The van der Waals surface area contributed by atoms with Crippen LogP contribution in [0.25, 0.3) is 0 Å². The fraction of sp³-hybridized carbons (Fsp3) is 0.192. The van der Waals surface area contributed by atoms with E-state index in [-0.39, 0.29) is 22.1 Å². The maximum atomic E-state index is 12.8. The molecule has 192 valence electrons. The summed E-state index contributed by atoms with van der Waals surface area (Å²) in [5.41, 5.74) is 1.27. The van der Waals surface area contributed by atoms with Crippen molar-refractivity contribution >= 4 is 39.1 Å². The highest BCUT2D eigenvalue weighted by atomic mass is 32.2. The van der Waals surface area contributed by atoms with E-state index >= 15 is 0 Å². The van der Waals surface area contributed by atoms with Crippen molar-refractivity contribution < 1.29 is 37.0 Å². The standard InChI is InChI=1S/C26H24N2O8S/c1-2-25(30)27-19-7-3-17(4-8-19)22(29)16-36-26(31)18-5-9-20(10-6-18)28-37(32,33)21-11-12-23-24(15-21)35-14-13-34-23/h3-12,15,28H,2,13-14,16H2,1H3,(H,27,30). The van der Waals surface area contributed by atoms with Crippen LogP contribution in [0.2, 0.25) is 0 Å². The first-order valence-electron chi connectivity index (χ1n) is 11.4. The SMILES string of the molecule is CCC(=O)Nc1ccc(C(=O)COC(=O)c2ccc(NS(=O)(=O)c3ccc4c(c3)OCCO4)cc2)cc1. The number of esters is 1. The van der Waals surface area contributed by atoms with E-state index in [2.05, 4.69) is 10.0 Å². The molecule has 0 atom stereocenters. The van der Waals surface area contributed by atoms with E-state index in [1.165, 1.54) is 54.6 Å². The molecular weight excluding hydrogens is 500 g/mol. The Bertz CT molecular complexity index is 1420. The second-order valence-electron chi connectivity index (χ2n) is 7.97. The topological polar surface area (TPSA) is 137 Å². The predicted octanol–water partition coefficient (Wildman–Crippen LogP) is 3.65. The van der Waals surface area contributed by atoms with Gasteiger partial charge in [-0.05, 0) is 60.7 Å². The first-order valence-corrected chi connectivity index (χ1v) is 12.9. The summed E-state index contributed by atoms with van der Waals surface area (Å²) in [6.07, 6.45) is 0.337. The summed E-state index contributed by atoms with van der Waals surface area (Å²) >= 11 is 0. The molecule has 37 heavy (non-hydrogen) atoms. The molecule has 1 heterocycles. The van der Waals surface area contributed by atoms with Crippen LogP contribution in [0.3, 0.4) is 0 Å². The highest BCUT2D eigenvalue weighted by molar-refractivity contribution is 7.92. The zero-order valence-electron chi connectivity index (χ0n) is 19.9. The number of benzene rings is 3. The third-order valence-corrected chi connectivity index (χ3v) is 6.72. The van der Waals surface area contributed by atoms with E-state index in [0.29, 0.717) is 42.4 Å². The van der Waals surface area contributed by atoms with Crippen molar-refractivity contribution in [2.45, 2.75) is 18.2 Å². The number of carbonyl (C=O) groups excluding carboxylic acids is 3. The van der Waals surface area contributed by atoms with Crippen LogP contribution in [-0.2, 0) is 19.6 Å². The second kappa shape index (κ2) is 11.1. The summed E-state index contributed by atoms with van der Waals surface area (Å²) in [6, 6.07) is 16.2. The molecule has 3 aromatic carbocycles. The van der Waals surface area contributed by atoms with E-state index in [4.69, 9.17) is 14.2 Å². The Morgan fingerprint density at radius 2 is 1.46 bits per heavy atom. The van der Waals surface area contributed by atoms with Gasteiger partial charge < -0.3 is 19.5 Å². The molecular formula is C26H24N2O8S. The molecule has 0 aromatic heterocycles. The quantitative estimate of drug-likeness (QED) is 0.320. The number of hydrogen-bond acceptors (Lipinski definition) is 8. The second-order valence-corrected chi connectivity index (χ2v) is 9.65. The molecule has 0 aliphatic carbocycles. The van der Waals surface area contributed by atoms with Crippen LogP contribution in [-0.4, -0.2) is 45.9 Å². The fourth-order valence-corrected chi connectivity index (χ4v) is 4.44. The summed E-state index contributed by atoms with van der Waals surface area (Å²) < 4.78 is 43.9. The Kier molecular flexibility index (Phi) is 7.73. The monoisotopic (exact) mass is 524 g/mol. The average Bonchev–Trinajstić information content (AvgIpc) is 2.91. The van der Waals surface area contributed by atoms with Crippen LogP contribution in [0.5, 0.6) is 11.5 Å². The predicted molar refractivity (Wildman–Crippen MR) is 135 cm³/mol. The van der Waals surface area contributed by atoms with E-state index in [0.717, 1.165) is 0 Å². The summed E-state index contributed by atoms with van der Waals surface area (Å²) in [5.74, 6) is -0.466. The Balaban J connectivity index is 1.33. The molecule has 10 nitrogen and oxygen atoms in total. The van der Waals surface area contributed by atoms with Gasteiger partial charge in [-0.25, -0.2) is 13.2 Å². The van der Waals surface area contributed by atoms with Crippen molar-refractivity contribution in [3.8, 4) is 11.5 Å². The van der Waals surface area contributed by atoms with Crippen LogP contribution in [0.4, 0.5) is 11.4 Å². The lowest BCUT2D eigenvalue weighted by Crippen LogP contribution is -2.17. The number of fused-ring (bicyclic) bond motifs is 1. The van der Waals surface area contributed by atoms with Gasteiger partial charge in [0.2, 0.25) is 5.91 Å². The number of hydrogen-bond donors (Lipinski definition) is 2. The van der Waals surface area contributed by atoms with Gasteiger partial charge in [0.15, 0.2) is 23.9 Å². The largest absolute Gasteiger partial charge is 0.486 e. The van der Waals surface area contributed by atoms with Crippen molar-refractivity contribution in [1.29, 1.82) is 0 Å². The Morgan fingerprint density at radius 1 is 0.838 bits per heavy atom. The number of ketones is 1. The Labute approximate surface area is 213 Å². The van der Waals surface area contributed by atoms with Crippen LogP contribution in [0, 0.1) is 0 Å². The molecule has 0 fully saturated rings. The van der Waals surface area contributed by atoms with Crippen molar-refractivity contribution in [2.24, 2.45) is 0 Å². The molecule has 0 saturated heterocycles. The van der Waals surface area contributed by atoms with Gasteiger partial charge in [0.25, 0.3) is 10.0 Å². The number of anilines is 2. The minimum atomic E-state index is -3.91. The number of rotatable bonds is 9. The zero-order chi connectivity index (χ0) is 26.4. The first-order chi connectivity index (χ1) is 17.7. The number of sulfonamides is 1. The first kappa shape index (κ1) is 25.7. The van der Waals surface area contributed by atoms with Gasteiger partial charge in [-0.1, -0.05) is 6.92 Å². The molecule has 0 radical (unpaired) electrons. The number of amides is 1. The average molecular weight is 525 g/mol. The van der Waals surface area contributed by atoms with Crippen molar-refractivity contribution in [3.63, 3.8) is 0 Å². The molecule has 0 saturated carbocycles. The Morgan fingerprint density at radius 3 is 2.14 bits per heavy atom. The lowest BCUT2D eigenvalue weighted by molar-refractivity contribution is -0.115. The summed E-state index contributed by atoms with van der Waals surface area (Å²) in [5, 5.41) is 2.68. The normalized spacial score (nSPS) is 12.4. The molecule has 1 aliphatic heterocycles. The smallest absolute Gasteiger partial charge is 0.338 e. The summed E-state index contributed by atoms with van der Waals surface area (Å²) in [7, 11) is -3.91. The number of ether oxygens (including phenoxy) is 3. The summed E-state index contributed by atoms with van der Waals surface area (Å²) in [4.78, 5) is 36.1. The van der Waals surface area contributed by atoms with Crippen molar-refractivity contribution in [2.75, 3.05) is 29.9 Å². The molecule has 1 aliphatic rings. The van der Waals surface area contributed by atoms with E-state index in [9.17, 15) is 22.8 Å². The molecule has 2 N–H and O–H groups in total. The fourth-order valence-electron chi connectivity index (χ4n) is 3.37. The molecule has 0 unspecified atom stereocenters. The third-order valence-electron chi connectivity index (χ3n) is 5.34. The van der Waals surface area contributed by atoms with Gasteiger partial charge in [0, 0.05) is 29.4 Å². The van der Waals surface area contributed by atoms with Crippen molar-refractivity contribution in [3.05, 3.63) is 77.9 Å². The van der Waals surface area contributed by atoms with E-state index < -0.39 is 28.4 Å². The maximum Gasteiger partial charge on any atom is 0.338 e. The molecule has 11 heteroatoms. The van der Waals surface area contributed by atoms with Gasteiger partial charge in [-0.2, -0.15) is 0 Å². The highest BCUT2D eigenvalue weighted by Gasteiger charge is 2.20. The van der Waals surface area contributed by atoms with Crippen molar-refractivity contribution in [1.82, 2.24) is 0 Å². The Hall–Kier alpha value is -4.38. The molecule has 4 rings (SSSR count). The van der Waals surface area contributed by atoms with Gasteiger partial charge >= 0.3 is 5.97 Å². The molecule has 1 amide bonds. The molecule has 3 aromatic rings. The van der Waals surface area contributed by atoms with E-state index in [1.54, 1.807) is 19.1 Å². The summed E-state index contributed by atoms with van der Waals surface area (Å²) in [6.45, 7) is 1.99. The van der Waals surface area contributed by atoms with Gasteiger partial charge in [0.05, 0.1) is 10.5 Å². The van der Waals surface area contributed by atoms with Gasteiger partial charge in [-0.3, -0.25) is 14.3 Å². The van der Waals surface area contributed by atoms with Crippen LogP contribution < -0.4 is 19.5 Å². The molecule has 0 spiro atoms. The van der Waals surface area contributed by atoms with Crippen LogP contribution in [0.1, 0.15) is 34.1 Å². The van der Waals surface area contributed by atoms with Crippen LogP contribution in [0.15, 0.2) is 71.6 Å². The molecule has 0 bridgehead atoms. The highest BCUT2D eigenvalue weighted by Crippen LogP contribution is 2.32. The maximum absolute atomic E-state index is 12.8. The minimum absolute atomic E-state index is 0.000439. The minimum Gasteiger partial charge on any atom is -0.486 e. The number of carbonyl (C=O) groups is 3. The zero-order valence-corrected chi connectivity index (χ0v) is 20.7. The van der Waals surface area contributed by atoms with E-state index in [1.807, 2.05) is 0 Å². The number of nitrogens with one attached hydrogen (secondary N) is 2. The third kappa shape index (κ3) is 6.44. The van der Waals surface area contributed by atoms with Gasteiger partial charge in [0.1, 0.15) is 13.2 Å². The number of Topliss-reactive ketones (excluding diaryl/α,β-unsaturated/α-hetero) is 1. The van der Waals surface area contributed by atoms with Crippen LogP contribution >= 0.6 is 0 Å². The lowest BCUT2D eigenvalue weighted by atomic mass is 10.1.